The fraction of sp³-hybridized carbons (Fsp3) is 0.667. The van der Waals surface area contributed by atoms with Crippen LogP contribution in [0.2, 0.25) is 0 Å². The van der Waals surface area contributed by atoms with Crippen LogP contribution in [-0.2, 0) is 9.59 Å². The van der Waals surface area contributed by atoms with Crippen molar-refractivity contribution in [2.45, 2.75) is 44.6 Å². The van der Waals surface area contributed by atoms with Crippen molar-refractivity contribution in [1.29, 1.82) is 0 Å². The molecule has 0 unspecified atom stereocenters. The molecular formula is C12H18N2O2. The first-order valence-electron chi connectivity index (χ1n) is 5.99. The number of hydrogen-bond donors (Lipinski definition) is 1. The van der Waals surface area contributed by atoms with E-state index in [1.165, 1.54) is 0 Å². The van der Waals surface area contributed by atoms with E-state index in [4.69, 9.17) is 5.73 Å². The molecule has 0 aromatic heterocycles. The Kier molecular flexibility index (Phi) is 3.27. The zero-order valence-corrected chi connectivity index (χ0v) is 9.45. The molecule has 1 aliphatic carbocycles. The molecule has 2 N–H and O–H groups in total. The summed E-state index contributed by atoms with van der Waals surface area (Å²) in [5.41, 5.74) is 6.21. The zero-order valence-electron chi connectivity index (χ0n) is 9.45. The summed E-state index contributed by atoms with van der Waals surface area (Å²) in [6.45, 7) is 0.670. The number of rotatable bonds is 2. The highest BCUT2D eigenvalue weighted by Crippen LogP contribution is 2.24. The van der Waals surface area contributed by atoms with Gasteiger partial charge in [-0.15, -0.1) is 0 Å². The SMILES string of the molecule is NC(=O)[C@@H]1CCCCN1C(=O)C1=CCCC1. The molecule has 4 nitrogen and oxygen atoms in total. The average Bonchev–Trinajstić information content (AvgIpc) is 2.81. The van der Waals surface area contributed by atoms with E-state index in [-0.39, 0.29) is 17.9 Å². The van der Waals surface area contributed by atoms with Gasteiger partial charge in [0.05, 0.1) is 0 Å². The smallest absolute Gasteiger partial charge is 0.250 e. The fourth-order valence-electron chi connectivity index (χ4n) is 2.52. The largest absolute Gasteiger partial charge is 0.368 e. The first-order valence-corrected chi connectivity index (χ1v) is 5.99. The van der Waals surface area contributed by atoms with E-state index < -0.39 is 0 Å². The first kappa shape index (κ1) is 11.2. The normalized spacial score (nSPS) is 25.4. The minimum atomic E-state index is -0.386. The first-order chi connectivity index (χ1) is 7.70. The Hall–Kier alpha value is -1.32. The molecule has 0 aromatic rings. The second kappa shape index (κ2) is 4.68. The van der Waals surface area contributed by atoms with Gasteiger partial charge in [-0.3, -0.25) is 9.59 Å². The third kappa shape index (κ3) is 2.10. The maximum atomic E-state index is 12.2. The molecule has 2 aliphatic rings. The topological polar surface area (TPSA) is 63.4 Å². The van der Waals surface area contributed by atoms with E-state index in [2.05, 4.69) is 0 Å². The van der Waals surface area contributed by atoms with Crippen LogP contribution in [0.1, 0.15) is 38.5 Å². The van der Waals surface area contributed by atoms with Crippen molar-refractivity contribution < 1.29 is 9.59 Å². The highest BCUT2D eigenvalue weighted by atomic mass is 16.2. The second-order valence-electron chi connectivity index (χ2n) is 4.53. The highest BCUT2D eigenvalue weighted by molar-refractivity contribution is 5.97. The van der Waals surface area contributed by atoms with Crippen LogP contribution in [0, 0.1) is 0 Å². The molecule has 1 saturated heterocycles. The molecule has 0 radical (unpaired) electrons. The molecule has 0 aromatic carbocycles. The van der Waals surface area contributed by atoms with Crippen LogP contribution in [0.15, 0.2) is 11.6 Å². The van der Waals surface area contributed by atoms with E-state index in [1.54, 1.807) is 4.90 Å². The maximum absolute atomic E-state index is 12.2. The van der Waals surface area contributed by atoms with Crippen LogP contribution in [-0.4, -0.2) is 29.3 Å². The molecule has 4 heteroatoms. The van der Waals surface area contributed by atoms with Gasteiger partial charge in [0.15, 0.2) is 0 Å². The zero-order chi connectivity index (χ0) is 11.5. The van der Waals surface area contributed by atoms with Gasteiger partial charge in [-0.05, 0) is 38.5 Å². The molecule has 2 rings (SSSR count). The van der Waals surface area contributed by atoms with Crippen LogP contribution in [0.5, 0.6) is 0 Å². The van der Waals surface area contributed by atoms with Gasteiger partial charge < -0.3 is 10.6 Å². The third-order valence-electron chi connectivity index (χ3n) is 3.41. The third-order valence-corrected chi connectivity index (χ3v) is 3.41. The number of allylic oxidation sites excluding steroid dienone is 1. The average molecular weight is 222 g/mol. The Morgan fingerprint density at radius 1 is 1.31 bits per heavy atom. The van der Waals surface area contributed by atoms with E-state index in [0.717, 1.165) is 37.7 Å². The van der Waals surface area contributed by atoms with Crippen molar-refractivity contribution >= 4 is 11.8 Å². The van der Waals surface area contributed by atoms with E-state index in [9.17, 15) is 9.59 Å². The lowest BCUT2D eigenvalue weighted by Gasteiger charge is -2.34. The number of nitrogens with zero attached hydrogens (tertiary/aromatic N) is 1. The molecule has 0 spiro atoms. The summed E-state index contributed by atoms with van der Waals surface area (Å²) in [6, 6.07) is -0.386. The lowest BCUT2D eigenvalue weighted by atomic mass is 10.00. The van der Waals surface area contributed by atoms with Crippen LogP contribution >= 0.6 is 0 Å². The number of likely N-dealkylation sites (tertiary alicyclic amines) is 1. The van der Waals surface area contributed by atoms with Gasteiger partial charge >= 0.3 is 0 Å². The number of hydrogen-bond acceptors (Lipinski definition) is 2. The van der Waals surface area contributed by atoms with Crippen molar-refractivity contribution in [2.24, 2.45) is 5.73 Å². The lowest BCUT2D eigenvalue weighted by molar-refractivity contribution is -0.138. The molecular weight excluding hydrogens is 204 g/mol. The number of carbonyl (C=O) groups excluding carboxylic acids is 2. The van der Waals surface area contributed by atoms with Gasteiger partial charge in [0.2, 0.25) is 11.8 Å². The summed E-state index contributed by atoms with van der Waals surface area (Å²) in [4.78, 5) is 25.1. The van der Waals surface area contributed by atoms with Crippen LogP contribution in [0.4, 0.5) is 0 Å². The predicted octanol–water partition coefficient (Wildman–Crippen LogP) is 0.963. The number of amides is 2. The Morgan fingerprint density at radius 3 is 2.75 bits per heavy atom. The van der Waals surface area contributed by atoms with E-state index in [0.29, 0.717) is 13.0 Å². The molecule has 0 bridgehead atoms. The minimum absolute atomic E-state index is 0.0287. The number of piperidine rings is 1. The lowest BCUT2D eigenvalue weighted by Crippen LogP contribution is -2.50. The van der Waals surface area contributed by atoms with Crippen LogP contribution in [0.3, 0.4) is 0 Å². The van der Waals surface area contributed by atoms with E-state index in [1.807, 2.05) is 6.08 Å². The van der Waals surface area contributed by atoms with Crippen molar-refractivity contribution in [3.05, 3.63) is 11.6 Å². The molecule has 1 aliphatic heterocycles. The fourth-order valence-corrected chi connectivity index (χ4v) is 2.52. The van der Waals surface area contributed by atoms with Crippen LogP contribution in [0.25, 0.3) is 0 Å². The Balaban J connectivity index is 2.10. The van der Waals surface area contributed by atoms with Gasteiger partial charge in [0.1, 0.15) is 6.04 Å². The second-order valence-corrected chi connectivity index (χ2v) is 4.53. The molecule has 2 amide bonds. The van der Waals surface area contributed by atoms with Crippen molar-refractivity contribution in [3.63, 3.8) is 0 Å². The van der Waals surface area contributed by atoms with Gasteiger partial charge in [-0.2, -0.15) is 0 Å². The minimum Gasteiger partial charge on any atom is -0.368 e. The quantitative estimate of drug-likeness (QED) is 0.756. The number of nitrogens with two attached hydrogens (primary N) is 1. The van der Waals surface area contributed by atoms with Crippen molar-refractivity contribution in [1.82, 2.24) is 4.90 Å². The molecule has 1 heterocycles. The van der Waals surface area contributed by atoms with E-state index >= 15 is 0 Å². The molecule has 1 atom stereocenters. The van der Waals surface area contributed by atoms with Crippen molar-refractivity contribution in [2.75, 3.05) is 6.54 Å². The number of carbonyl (C=O) groups is 2. The van der Waals surface area contributed by atoms with Gasteiger partial charge in [-0.1, -0.05) is 6.08 Å². The maximum Gasteiger partial charge on any atom is 0.250 e. The summed E-state index contributed by atoms with van der Waals surface area (Å²) >= 11 is 0. The standard InChI is InChI=1S/C12H18N2O2/c13-11(15)10-7-3-4-8-14(10)12(16)9-5-1-2-6-9/h5,10H,1-4,6-8H2,(H2,13,15)/t10-/m0/s1. The summed E-state index contributed by atoms with van der Waals surface area (Å²) in [5.74, 6) is -0.340. The molecule has 1 fully saturated rings. The summed E-state index contributed by atoms with van der Waals surface area (Å²) in [7, 11) is 0. The van der Waals surface area contributed by atoms with Gasteiger partial charge in [0, 0.05) is 12.1 Å². The molecule has 0 saturated carbocycles. The summed E-state index contributed by atoms with van der Waals surface area (Å²) in [6.07, 6.45) is 7.55. The molecule has 88 valence electrons. The Bertz CT molecular complexity index is 336. The van der Waals surface area contributed by atoms with Gasteiger partial charge in [0.25, 0.3) is 0 Å². The summed E-state index contributed by atoms with van der Waals surface area (Å²) < 4.78 is 0. The molecule has 16 heavy (non-hydrogen) atoms. The Labute approximate surface area is 95.5 Å². The number of primary amides is 1. The Morgan fingerprint density at radius 2 is 2.12 bits per heavy atom. The van der Waals surface area contributed by atoms with Crippen molar-refractivity contribution in [3.8, 4) is 0 Å². The monoisotopic (exact) mass is 222 g/mol. The van der Waals surface area contributed by atoms with Crippen LogP contribution < -0.4 is 5.73 Å². The highest BCUT2D eigenvalue weighted by Gasteiger charge is 2.32. The van der Waals surface area contributed by atoms with Gasteiger partial charge in [-0.25, -0.2) is 0 Å². The predicted molar refractivity (Wildman–Crippen MR) is 60.5 cm³/mol. The summed E-state index contributed by atoms with van der Waals surface area (Å²) in [5, 5.41) is 0.